The zero-order valence-corrected chi connectivity index (χ0v) is 8.15. The number of aryl methyl sites for hydroxylation is 1. The van der Waals surface area contributed by atoms with E-state index in [1.54, 1.807) is 6.20 Å². The quantitative estimate of drug-likeness (QED) is 0.244. The smallest absolute Gasteiger partial charge is 0.188 e. The molecule has 1 aromatic rings. The van der Waals surface area contributed by atoms with Crippen molar-refractivity contribution in [2.75, 3.05) is 5.08 Å². The van der Waals surface area contributed by atoms with Crippen molar-refractivity contribution >= 4 is 23.5 Å². The van der Waals surface area contributed by atoms with Gasteiger partial charge in [0.1, 0.15) is 5.40 Å². The first kappa shape index (κ1) is 9.36. The van der Waals surface area contributed by atoms with Crippen molar-refractivity contribution in [2.24, 2.45) is 0 Å². The molecule has 62 valence electrons. The molecule has 0 aromatic carbocycles. The van der Waals surface area contributed by atoms with Gasteiger partial charge < -0.3 is 0 Å². The molecule has 1 heterocycles. The Bertz CT molecular complexity index is 295. The van der Waals surface area contributed by atoms with Gasteiger partial charge in [0, 0.05) is 11.9 Å². The number of thioether (sulfide) groups is 2. The Morgan fingerprint density at radius 2 is 2.50 bits per heavy atom. The van der Waals surface area contributed by atoms with E-state index >= 15 is 0 Å². The molecule has 3 nitrogen and oxygen atoms in total. The maximum Gasteiger partial charge on any atom is 0.188 e. The minimum atomic E-state index is 0.681. The minimum Gasteiger partial charge on any atom is -0.231 e. The highest BCUT2D eigenvalue weighted by Gasteiger charge is 1.96. The lowest BCUT2D eigenvalue weighted by Gasteiger charge is -1.96. The van der Waals surface area contributed by atoms with E-state index in [1.807, 2.05) is 18.4 Å². The Kier molecular flexibility index (Phi) is 3.91. The van der Waals surface area contributed by atoms with E-state index in [1.165, 1.54) is 23.5 Å². The molecule has 0 fully saturated rings. The van der Waals surface area contributed by atoms with E-state index in [4.69, 9.17) is 5.26 Å². The van der Waals surface area contributed by atoms with Crippen LogP contribution in [0.2, 0.25) is 0 Å². The Labute approximate surface area is 79.6 Å². The van der Waals surface area contributed by atoms with Gasteiger partial charge in [-0.1, -0.05) is 11.8 Å². The predicted molar refractivity (Wildman–Crippen MR) is 50.7 cm³/mol. The lowest BCUT2D eigenvalue weighted by molar-refractivity contribution is 0.934. The number of rotatable bonds is 3. The number of hydrogen-bond donors (Lipinski definition) is 0. The monoisotopic (exact) mass is 197 g/mol. The number of aromatic nitrogens is 2. The first-order valence-electron chi connectivity index (χ1n) is 3.26. The van der Waals surface area contributed by atoms with Crippen LogP contribution in [0.15, 0.2) is 17.4 Å². The molecule has 0 aliphatic carbocycles. The maximum atomic E-state index is 8.26. The van der Waals surface area contributed by atoms with Crippen LogP contribution < -0.4 is 0 Å². The molecule has 1 aromatic heterocycles. The van der Waals surface area contributed by atoms with Crippen LogP contribution in [0.4, 0.5) is 0 Å². The summed E-state index contributed by atoms with van der Waals surface area (Å²) in [6.45, 7) is 1.92. The Morgan fingerprint density at radius 3 is 3.17 bits per heavy atom. The second-order valence-corrected chi connectivity index (χ2v) is 4.05. The zero-order chi connectivity index (χ0) is 8.81. The highest BCUT2D eigenvalue weighted by molar-refractivity contribution is 8.18. The van der Waals surface area contributed by atoms with Gasteiger partial charge >= 0.3 is 0 Å². The average Bonchev–Trinajstić information content (AvgIpc) is 2.05. The highest BCUT2D eigenvalue weighted by Crippen LogP contribution is 2.17. The van der Waals surface area contributed by atoms with Crippen molar-refractivity contribution in [3.05, 3.63) is 18.0 Å². The summed E-state index contributed by atoms with van der Waals surface area (Å²) in [7, 11) is 0. The maximum absolute atomic E-state index is 8.26. The van der Waals surface area contributed by atoms with E-state index < -0.39 is 0 Å². The molecule has 0 spiro atoms. The van der Waals surface area contributed by atoms with Crippen molar-refractivity contribution in [2.45, 2.75) is 12.1 Å². The van der Waals surface area contributed by atoms with Crippen LogP contribution in [0.1, 0.15) is 5.69 Å². The van der Waals surface area contributed by atoms with E-state index in [2.05, 4.69) is 9.97 Å². The number of nitriles is 1. The summed E-state index contributed by atoms with van der Waals surface area (Å²) in [4.78, 5) is 8.21. The average molecular weight is 197 g/mol. The van der Waals surface area contributed by atoms with Crippen molar-refractivity contribution in [1.82, 2.24) is 9.97 Å². The molecule has 0 bridgehead atoms. The number of hydrogen-bond acceptors (Lipinski definition) is 5. The van der Waals surface area contributed by atoms with E-state index in [-0.39, 0.29) is 0 Å². The summed E-state index contributed by atoms with van der Waals surface area (Å²) in [5.74, 6) is 0. The Balaban J connectivity index is 2.48. The molecular weight excluding hydrogens is 190 g/mol. The third-order valence-corrected chi connectivity index (χ3v) is 2.61. The van der Waals surface area contributed by atoms with Gasteiger partial charge in [0.15, 0.2) is 5.16 Å². The highest BCUT2D eigenvalue weighted by atomic mass is 32.2. The standard InChI is InChI=1S/C7H7N3S2/c1-6-2-3-9-7(10-6)12-5-11-4-8/h2-3H,5H2,1H3. The molecule has 0 amide bonds. The van der Waals surface area contributed by atoms with Crippen molar-refractivity contribution in [3.8, 4) is 5.40 Å². The molecule has 12 heavy (non-hydrogen) atoms. The topological polar surface area (TPSA) is 49.6 Å². The summed E-state index contributed by atoms with van der Waals surface area (Å²) >= 11 is 2.67. The van der Waals surface area contributed by atoms with Crippen molar-refractivity contribution in [1.29, 1.82) is 5.26 Å². The lowest BCUT2D eigenvalue weighted by atomic mass is 10.5. The summed E-state index contributed by atoms with van der Waals surface area (Å²) in [5, 5.41) is 11.7. The third kappa shape index (κ3) is 3.11. The van der Waals surface area contributed by atoms with Crippen LogP contribution in [0.3, 0.4) is 0 Å². The van der Waals surface area contributed by atoms with Crippen LogP contribution in [-0.2, 0) is 0 Å². The largest absolute Gasteiger partial charge is 0.231 e. The Morgan fingerprint density at radius 1 is 1.67 bits per heavy atom. The molecule has 0 radical (unpaired) electrons. The molecule has 0 aliphatic heterocycles. The SMILES string of the molecule is Cc1ccnc(SCSC#N)n1. The molecule has 0 N–H and O–H groups in total. The van der Waals surface area contributed by atoms with Crippen LogP contribution in [0.5, 0.6) is 0 Å². The van der Waals surface area contributed by atoms with Gasteiger partial charge in [0.25, 0.3) is 0 Å². The summed E-state index contributed by atoms with van der Waals surface area (Å²) in [6, 6.07) is 1.85. The van der Waals surface area contributed by atoms with Gasteiger partial charge in [0.2, 0.25) is 0 Å². The summed E-state index contributed by atoms with van der Waals surface area (Å²) < 4.78 is 0. The number of thiocyanates is 1. The first-order chi connectivity index (χ1) is 5.83. The normalized spacial score (nSPS) is 9.33. The molecule has 0 atom stereocenters. The molecule has 5 heteroatoms. The molecule has 0 saturated heterocycles. The second-order valence-electron chi connectivity index (χ2n) is 1.98. The predicted octanol–water partition coefficient (Wildman–Crippen LogP) is 2.05. The van der Waals surface area contributed by atoms with Gasteiger partial charge in [-0.05, 0) is 24.8 Å². The molecule has 0 aliphatic rings. The van der Waals surface area contributed by atoms with Gasteiger partial charge in [-0.25, -0.2) is 9.97 Å². The fourth-order valence-corrected chi connectivity index (χ4v) is 1.82. The van der Waals surface area contributed by atoms with Crippen LogP contribution in [0, 0.1) is 17.6 Å². The van der Waals surface area contributed by atoms with Crippen molar-refractivity contribution in [3.63, 3.8) is 0 Å². The molecular formula is C7H7N3S2. The van der Waals surface area contributed by atoms with Gasteiger partial charge in [0.05, 0.1) is 5.08 Å². The first-order valence-corrected chi connectivity index (χ1v) is 5.23. The van der Waals surface area contributed by atoms with E-state index in [0.717, 1.165) is 10.9 Å². The molecule has 0 unspecified atom stereocenters. The van der Waals surface area contributed by atoms with Crippen LogP contribution >= 0.6 is 23.5 Å². The fraction of sp³-hybridized carbons (Fsp3) is 0.286. The Hall–Kier alpha value is -0.730. The zero-order valence-electron chi connectivity index (χ0n) is 6.52. The van der Waals surface area contributed by atoms with Gasteiger partial charge in [-0.3, -0.25) is 0 Å². The van der Waals surface area contributed by atoms with Gasteiger partial charge in [-0.2, -0.15) is 5.26 Å². The molecule has 1 rings (SSSR count). The minimum absolute atomic E-state index is 0.681. The van der Waals surface area contributed by atoms with Crippen LogP contribution in [0.25, 0.3) is 0 Å². The van der Waals surface area contributed by atoms with Crippen LogP contribution in [-0.4, -0.2) is 15.1 Å². The fourth-order valence-electron chi connectivity index (χ4n) is 0.604. The van der Waals surface area contributed by atoms with E-state index in [0.29, 0.717) is 5.08 Å². The van der Waals surface area contributed by atoms with Crippen molar-refractivity contribution < 1.29 is 0 Å². The summed E-state index contributed by atoms with van der Waals surface area (Å²) in [6.07, 6.45) is 1.72. The summed E-state index contributed by atoms with van der Waals surface area (Å²) in [5.41, 5.74) is 0.953. The van der Waals surface area contributed by atoms with Gasteiger partial charge in [-0.15, -0.1) is 0 Å². The molecule has 0 saturated carbocycles. The lowest BCUT2D eigenvalue weighted by Crippen LogP contribution is -1.87. The third-order valence-electron chi connectivity index (χ3n) is 1.08. The number of nitrogens with zero attached hydrogens (tertiary/aromatic N) is 3. The second kappa shape index (κ2) is 5.01. The van der Waals surface area contributed by atoms with E-state index in [9.17, 15) is 0 Å².